The lowest BCUT2D eigenvalue weighted by molar-refractivity contribution is -0.605. The lowest BCUT2D eigenvalue weighted by Gasteiger charge is -2.28. The summed E-state index contributed by atoms with van der Waals surface area (Å²) in [6.07, 6.45) is 8.58. The van der Waals surface area contributed by atoms with Gasteiger partial charge in [0.1, 0.15) is 116 Å². The van der Waals surface area contributed by atoms with Crippen molar-refractivity contribution in [1.29, 1.82) is 0 Å². The van der Waals surface area contributed by atoms with Crippen LogP contribution in [0.2, 0.25) is 0 Å². The summed E-state index contributed by atoms with van der Waals surface area (Å²) in [6.45, 7) is 9.46. The summed E-state index contributed by atoms with van der Waals surface area (Å²) in [4.78, 5) is 160. The van der Waals surface area contributed by atoms with Gasteiger partial charge in [-0.15, -0.1) is 11.3 Å². The van der Waals surface area contributed by atoms with Gasteiger partial charge >= 0.3 is 0 Å². The number of rotatable bonds is 22. The highest BCUT2D eigenvalue weighted by molar-refractivity contribution is 7.96. The number of quaternary nitrogens is 1. The largest absolute Gasteiger partial charge is 0.619 e. The van der Waals surface area contributed by atoms with Crippen LogP contribution in [0.5, 0.6) is 11.5 Å². The third-order valence-electron chi connectivity index (χ3n) is 22.9. The molecule has 34 nitrogen and oxygen atoms in total. The molecule has 0 bridgehead atoms. The molecule has 8 fully saturated rings. The van der Waals surface area contributed by atoms with Crippen LogP contribution in [0.4, 0.5) is 5.69 Å². The SMILES string of the molecule is C.C.C.C.C.CC(C)C[C@H](NC(=O)c1cc(-c2cccs2)c[n+]([O-])c1)C(=O)N1CC[C@H]2OCC(=O)[C@H]21.CC(C)C[C@H](NC(=O)c1ccc([N+](C)(C)O)cc1)C(=O)N1CC[C@H]2OCC(=O)[C@H]21.O=C(N[C@@H](Cc1ccc(O)cc1)C(=O)N1CC[C@H]2OCC(=O)[C@H]21)C1=Cc2ccccc2S1(=O)=O.O=C(N[C@@H](Cc1ccc(O)cc1)C(=O)N1CC[C@H]2OCC(=O)[C@H]21)c1ccc[n+]([O-])c1.S.S.S.S.S.S.S.S. The van der Waals surface area contributed by atoms with Crippen LogP contribution in [-0.4, -0.2) is 253 Å². The summed E-state index contributed by atoms with van der Waals surface area (Å²) in [5.74, 6) is -3.72. The van der Waals surface area contributed by atoms with Crippen LogP contribution in [0.15, 0.2) is 167 Å². The molecular weight excluding hydrogens is 1960 g/mol. The fourth-order valence-electron chi connectivity index (χ4n) is 16.8. The molecule has 0 radical (unpaired) electrons. The number of sulfone groups is 1. The summed E-state index contributed by atoms with van der Waals surface area (Å²) in [7, 11) is -0.791. The van der Waals surface area contributed by atoms with E-state index in [2.05, 4.69) is 21.3 Å². The molecule has 0 spiro atoms. The normalized spacial score (nSPS) is 20.1. The number of thiophene rings is 1. The van der Waals surface area contributed by atoms with E-state index < -0.39 is 86.7 Å². The summed E-state index contributed by atoms with van der Waals surface area (Å²) < 4.78 is 48.4. The molecule has 0 saturated carbocycles. The molecule has 3 aromatic heterocycles. The lowest BCUT2D eigenvalue weighted by atomic mass is 10.0. The fourth-order valence-corrected chi connectivity index (χ4v) is 19.1. The van der Waals surface area contributed by atoms with Gasteiger partial charge in [0.15, 0.2) is 53.6 Å². The van der Waals surface area contributed by atoms with Gasteiger partial charge in [-0.25, -0.2) is 13.6 Å². The molecule has 12 heterocycles. The van der Waals surface area contributed by atoms with Crippen molar-refractivity contribution in [2.24, 2.45) is 11.8 Å². The second-order valence-electron chi connectivity index (χ2n) is 33.0. The highest BCUT2D eigenvalue weighted by Crippen LogP contribution is 2.36. The van der Waals surface area contributed by atoms with Crippen LogP contribution in [0.25, 0.3) is 16.5 Å². The molecule has 0 unspecified atom stereocenters. The van der Waals surface area contributed by atoms with E-state index in [4.69, 9.17) is 18.9 Å². The maximum absolute atomic E-state index is 13.5. The first-order valence-corrected chi connectivity index (χ1v) is 43.2. The Balaban J connectivity index is 0.00000175. The van der Waals surface area contributed by atoms with Gasteiger partial charge in [0, 0.05) is 67.7 Å². The van der Waals surface area contributed by atoms with Crippen LogP contribution in [0.1, 0.15) is 151 Å². The van der Waals surface area contributed by atoms with Crippen molar-refractivity contribution < 1.29 is 110 Å². The topological polar surface area (TPSA) is 452 Å². The Morgan fingerprint density at radius 3 is 1.20 bits per heavy atom. The second kappa shape index (κ2) is 55.7. The first-order chi connectivity index (χ1) is 59.1. The molecule has 44 heteroatoms. The summed E-state index contributed by atoms with van der Waals surface area (Å²) in [5.41, 5.74) is 3.77. The van der Waals surface area contributed by atoms with E-state index in [0.29, 0.717) is 102 Å². The summed E-state index contributed by atoms with van der Waals surface area (Å²) >= 11 is 1.47. The number of phenolic OH excluding ortho intramolecular Hbond substituents is 2. The number of benzene rings is 4. The van der Waals surface area contributed by atoms with Gasteiger partial charge in [0.05, 0.1) is 34.9 Å². The van der Waals surface area contributed by atoms with Crippen LogP contribution in [-0.2, 0) is 84.8 Å². The van der Waals surface area contributed by atoms with E-state index in [0.717, 1.165) is 16.6 Å². The van der Waals surface area contributed by atoms with Crippen LogP contribution in [0, 0.1) is 22.3 Å². The standard InChI is InChI=1S/C24H22N2O7S.C22H25N3O5S.C21H21N3O6.C21H29N3O5.5CH4.8H2S/c27-16-7-5-14(6-8-16)11-17(24(30)26-10-9-19-22(26)18(28)13-33-19)25-23(29)21-12-15-3-1-2-4-20(15)34(21,31)32;1-13(2)8-16(22(28)25-6-5-18-20(25)17(26)12-30-18)23-21(27)15-9-14(10-24(29)11-15)19-4-3-7-31-19;25-15-5-3-13(4-6-15)10-16(22-20(27)14-2-1-8-23(29)11-14)21(28)24-9-7-18-19(24)17(26)12-30-18;1-13(2)11-16(21(27)23-10-9-18-19(23)17(25)12-29-18)22-20(26)14-5-7-15(8-6-14)24(3,4)28;;;;;;;;;;;;;/h1-8,12,17,19,22,27H,9-11,13H2,(H,25,29);3-4,7,9-11,13,16,18,20H,5-6,8,12H2,1-2H3,(H,23,27);1-6,8,11,16,18-19,25H,7,9-10,12H2,(H,22,27);5-8,13,16,18-19,28H,9-12H2,1-4H3;5*1H4;8*1H2/p+1/t17-,19+,22+;16-,18+,20+;2*16-,18+,19+;;;;;;;;;;;;;/m0000............./s1. The Labute approximate surface area is 860 Å². The number of phenols is 2. The number of amides is 8. The van der Waals surface area contributed by atoms with E-state index in [9.17, 15) is 91.8 Å². The number of carbonyl (C=O) groups excluding carboxylic acids is 12. The smallest absolute Gasteiger partial charge is 0.263 e. The quantitative estimate of drug-likeness (QED) is 0.0146. The molecule has 0 aliphatic carbocycles. The summed E-state index contributed by atoms with van der Waals surface area (Å²) in [5, 5.41) is 65.5. The molecule has 8 saturated heterocycles. The monoisotopic (exact) mass is 2090 g/mol. The van der Waals surface area contributed by atoms with Crippen LogP contribution >= 0.6 is 119 Å². The number of hydrogen-bond acceptors (Lipinski definition) is 24. The zero-order chi connectivity index (χ0) is 88.8. The molecule has 7 aromatic rings. The maximum atomic E-state index is 13.5. The Morgan fingerprint density at radius 2 is 0.825 bits per heavy atom. The number of aromatic nitrogens is 2. The number of ketones is 4. The van der Waals surface area contributed by atoms with Crippen molar-refractivity contribution in [2.45, 2.75) is 194 Å². The van der Waals surface area contributed by atoms with E-state index in [1.807, 2.05) is 45.2 Å². The number of carbonyl (C=O) groups is 12. The fraction of sp³-hybridized carbons (Fsp3) is 0.441. The number of hydrogen-bond donors (Lipinski definition) is 7. The summed E-state index contributed by atoms with van der Waals surface area (Å²) in [6, 6.07) is 27.6. The number of nitrogens with one attached hydrogen (secondary N) is 4. The molecule has 12 atom stereocenters. The zero-order valence-corrected chi connectivity index (χ0v) is 82.6. The number of ether oxygens (including phenoxy) is 4. The molecule has 758 valence electrons. The number of likely N-dealkylation sites (tertiary alicyclic amines) is 4. The van der Waals surface area contributed by atoms with Crippen LogP contribution < -0.4 is 35.4 Å². The Morgan fingerprint density at radius 1 is 0.460 bits per heavy atom. The zero-order valence-electron chi connectivity index (χ0n) is 72.9. The van der Waals surface area contributed by atoms with Crippen molar-refractivity contribution in [3.63, 3.8) is 0 Å². The lowest BCUT2D eigenvalue weighted by Crippen LogP contribution is -2.53. The molecule has 7 N–H and O–H groups in total. The van der Waals surface area contributed by atoms with Gasteiger partial charge in [-0.3, -0.25) is 57.5 Å². The average molecular weight is 2090 g/mol. The van der Waals surface area contributed by atoms with Gasteiger partial charge in [-0.2, -0.15) is 122 Å². The average Bonchev–Trinajstić information content (AvgIpc) is 1.61. The first-order valence-electron chi connectivity index (χ1n) is 40.9. The van der Waals surface area contributed by atoms with E-state index in [1.54, 1.807) is 96.7 Å². The molecule has 8 amide bonds. The van der Waals surface area contributed by atoms with E-state index >= 15 is 0 Å². The first kappa shape index (κ1) is 128. The highest BCUT2D eigenvalue weighted by atomic mass is 32.2. The number of Topliss-reactive ketones (excluding diaryl/α,β-unsaturated/α-hetero) is 4. The number of nitrogens with zero attached hydrogens (tertiary/aromatic N) is 7. The van der Waals surface area contributed by atoms with E-state index in [-0.39, 0.29) is 300 Å². The Hall–Kier alpha value is -9.23. The van der Waals surface area contributed by atoms with Gasteiger partial charge in [-0.05, 0) is 139 Å². The van der Waals surface area contributed by atoms with Crippen molar-refractivity contribution in [3.05, 3.63) is 206 Å². The molecule has 9 aliphatic heterocycles. The maximum Gasteiger partial charge on any atom is 0.263 e. The minimum absolute atomic E-state index is 0. The minimum atomic E-state index is -4.02. The van der Waals surface area contributed by atoms with Crippen LogP contribution in [0.3, 0.4) is 0 Å². The Bertz CT molecular complexity index is 5410. The Kier molecular flexibility index (Phi) is 51.9. The van der Waals surface area contributed by atoms with Crippen molar-refractivity contribution in [1.82, 2.24) is 45.5 Å². The minimum Gasteiger partial charge on any atom is -0.619 e. The second-order valence-corrected chi connectivity index (χ2v) is 35.9. The molecular formula is C93H134N11O23S10+. The predicted molar refractivity (Wildman–Crippen MR) is 562 cm³/mol. The van der Waals surface area contributed by atoms with Crippen molar-refractivity contribution in [2.75, 3.05) is 66.7 Å². The number of hydroxylamine groups is 2. The van der Waals surface area contributed by atoms with Gasteiger partial charge in [0.2, 0.25) is 33.5 Å². The number of aromatic hydroxyl groups is 2. The van der Waals surface area contributed by atoms with Gasteiger partial charge in [0.25, 0.3) is 23.6 Å². The van der Waals surface area contributed by atoms with Crippen molar-refractivity contribution in [3.8, 4) is 21.9 Å². The highest BCUT2D eigenvalue weighted by Gasteiger charge is 2.53. The third-order valence-corrected chi connectivity index (χ3v) is 25.6. The molecule has 4 aromatic carbocycles. The number of pyridine rings is 2. The predicted octanol–water partition coefficient (Wildman–Crippen LogP) is 7.95. The van der Waals surface area contributed by atoms with Gasteiger partial charge < -0.3 is 80.4 Å². The molecule has 16 rings (SSSR count). The molecule has 137 heavy (non-hydrogen) atoms. The van der Waals surface area contributed by atoms with E-state index in [1.165, 1.54) is 88.3 Å². The third kappa shape index (κ3) is 30.4. The number of fused-ring (bicyclic) bond motifs is 5. The molecule has 9 aliphatic rings. The van der Waals surface area contributed by atoms with Gasteiger partial charge in [-0.1, -0.05) is 113 Å². The van der Waals surface area contributed by atoms with Crippen molar-refractivity contribution >= 4 is 211 Å².